The number of ether oxygens (including phenoxy) is 2. The van der Waals surface area contributed by atoms with E-state index in [0.29, 0.717) is 41.8 Å². The van der Waals surface area contributed by atoms with E-state index in [2.05, 4.69) is 5.32 Å². The lowest BCUT2D eigenvalue weighted by Gasteiger charge is -2.11. The molecule has 21 heavy (non-hydrogen) atoms. The van der Waals surface area contributed by atoms with Gasteiger partial charge in [0.25, 0.3) is 0 Å². The maximum absolute atomic E-state index is 11.7. The molecular weight excluding hydrogens is 313 g/mol. The third-order valence-corrected chi connectivity index (χ3v) is 3.78. The molecule has 1 aromatic rings. The van der Waals surface area contributed by atoms with E-state index in [4.69, 9.17) is 32.7 Å². The van der Waals surface area contributed by atoms with Crippen LogP contribution in [0.25, 0.3) is 0 Å². The summed E-state index contributed by atoms with van der Waals surface area (Å²) in [6, 6.07) is 5.08. The number of halogens is 2. The van der Waals surface area contributed by atoms with Gasteiger partial charge in [-0.3, -0.25) is 4.79 Å². The van der Waals surface area contributed by atoms with Crippen molar-refractivity contribution < 1.29 is 14.3 Å². The normalized spacial score (nSPS) is 17.7. The van der Waals surface area contributed by atoms with E-state index in [0.717, 1.165) is 19.4 Å². The van der Waals surface area contributed by atoms with Gasteiger partial charge in [-0.2, -0.15) is 0 Å². The van der Waals surface area contributed by atoms with E-state index in [1.165, 1.54) is 0 Å². The minimum atomic E-state index is 0.0244. The zero-order valence-corrected chi connectivity index (χ0v) is 13.3. The van der Waals surface area contributed by atoms with Crippen molar-refractivity contribution in [3.8, 4) is 5.75 Å². The first-order valence-corrected chi connectivity index (χ1v) is 7.87. The molecule has 0 aliphatic carbocycles. The van der Waals surface area contributed by atoms with Gasteiger partial charge in [0.05, 0.1) is 17.7 Å². The van der Waals surface area contributed by atoms with Gasteiger partial charge >= 0.3 is 0 Å². The Hall–Kier alpha value is -0.970. The van der Waals surface area contributed by atoms with Crippen LogP contribution in [0, 0.1) is 0 Å². The summed E-state index contributed by atoms with van der Waals surface area (Å²) in [5.41, 5.74) is 0. The van der Waals surface area contributed by atoms with Gasteiger partial charge in [0.2, 0.25) is 5.91 Å². The molecule has 1 aliphatic rings. The van der Waals surface area contributed by atoms with E-state index in [1.54, 1.807) is 18.2 Å². The minimum absolute atomic E-state index is 0.0244. The Balaban J connectivity index is 1.59. The molecule has 1 atom stereocenters. The summed E-state index contributed by atoms with van der Waals surface area (Å²) in [6.45, 7) is 1.84. The second-order valence-electron chi connectivity index (χ2n) is 4.97. The molecule has 1 fully saturated rings. The highest BCUT2D eigenvalue weighted by molar-refractivity contribution is 6.35. The highest BCUT2D eigenvalue weighted by atomic mass is 35.5. The monoisotopic (exact) mass is 331 g/mol. The van der Waals surface area contributed by atoms with Gasteiger partial charge in [-0.15, -0.1) is 0 Å². The van der Waals surface area contributed by atoms with Crippen LogP contribution in [0.2, 0.25) is 10.0 Å². The Labute approximate surface area is 134 Å². The molecule has 116 valence electrons. The third-order valence-electron chi connectivity index (χ3n) is 3.25. The summed E-state index contributed by atoms with van der Waals surface area (Å²) in [5.74, 6) is 0.608. The first-order chi connectivity index (χ1) is 10.1. The Morgan fingerprint density at radius 2 is 2.29 bits per heavy atom. The van der Waals surface area contributed by atoms with E-state index in [1.807, 2.05) is 0 Å². The summed E-state index contributed by atoms with van der Waals surface area (Å²) >= 11 is 11.8. The van der Waals surface area contributed by atoms with E-state index >= 15 is 0 Å². The van der Waals surface area contributed by atoms with Crippen molar-refractivity contribution in [2.24, 2.45) is 0 Å². The predicted octanol–water partition coefficient (Wildman–Crippen LogP) is 3.45. The second kappa shape index (κ2) is 8.47. The number of rotatable bonds is 7. The highest BCUT2D eigenvalue weighted by Gasteiger charge is 2.15. The number of hydrogen-bond donors (Lipinski definition) is 1. The molecule has 1 saturated heterocycles. The van der Waals surface area contributed by atoms with Crippen molar-refractivity contribution in [2.45, 2.75) is 31.8 Å². The van der Waals surface area contributed by atoms with E-state index < -0.39 is 0 Å². The summed E-state index contributed by atoms with van der Waals surface area (Å²) in [7, 11) is 0. The number of carbonyl (C=O) groups is 1. The average molecular weight is 332 g/mol. The lowest BCUT2D eigenvalue weighted by atomic mass is 10.2. The van der Waals surface area contributed by atoms with Crippen molar-refractivity contribution in [3.05, 3.63) is 28.2 Å². The SMILES string of the molecule is O=C(CCCOc1ccc(Cl)cc1Cl)NC[C@H]1CCCO1. The third kappa shape index (κ3) is 5.73. The lowest BCUT2D eigenvalue weighted by Crippen LogP contribution is -2.31. The topological polar surface area (TPSA) is 47.6 Å². The Bertz CT molecular complexity index is 476. The summed E-state index contributed by atoms with van der Waals surface area (Å²) in [6.07, 6.45) is 3.35. The van der Waals surface area contributed by atoms with Crippen LogP contribution in [0.5, 0.6) is 5.75 Å². The summed E-state index contributed by atoms with van der Waals surface area (Å²) in [4.78, 5) is 11.7. The highest BCUT2D eigenvalue weighted by Crippen LogP contribution is 2.27. The molecule has 1 aliphatic heterocycles. The first kappa shape index (κ1) is 16.4. The number of benzene rings is 1. The maximum atomic E-state index is 11.7. The van der Waals surface area contributed by atoms with Gasteiger partial charge in [0, 0.05) is 24.6 Å². The Kier molecular flexibility index (Phi) is 6.61. The number of nitrogens with one attached hydrogen (secondary N) is 1. The van der Waals surface area contributed by atoms with Gasteiger partial charge in [-0.1, -0.05) is 23.2 Å². The molecule has 0 spiro atoms. The number of carbonyl (C=O) groups excluding carboxylic acids is 1. The second-order valence-corrected chi connectivity index (χ2v) is 5.81. The van der Waals surface area contributed by atoms with Crippen molar-refractivity contribution >= 4 is 29.1 Å². The van der Waals surface area contributed by atoms with Crippen LogP contribution >= 0.6 is 23.2 Å². The van der Waals surface area contributed by atoms with Crippen LogP contribution in [0.1, 0.15) is 25.7 Å². The molecule has 0 bridgehead atoms. The van der Waals surface area contributed by atoms with Crippen molar-refractivity contribution in [2.75, 3.05) is 19.8 Å². The molecule has 1 amide bonds. The fraction of sp³-hybridized carbons (Fsp3) is 0.533. The summed E-state index contributed by atoms with van der Waals surface area (Å²) < 4.78 is 11.0. The molecule has 1 heterocycles. The molecule has 2 rings (SSSR count). The van der Waals surface area contributed by atoms with Crippen molar-refractivity contribution in [1.29, 1.82) is 0 Å². The van der Waals surface area contributed by atoms with Gasteiger partial charge in [-0.25, -0.2) is 0 Å². The summed E-state index contributed by atoms with van der Waals surface area (Å²) in [5, 5.41) is 3.93. The molecule has 0 radical (unpaired) electrons. The molecule has 6 heteroatoms. The van der Waals surface area contributed by atoms with Crippen LogP contribution in [-0.4, -0.2) is 31.8 Å². The molecule has 1 N–H and O–H groups in total. The fourth-order valence-corrected chi connectivity index (χ4v) is 2.59. The van der Waals surface area contributed by atoms with Gasteiger partial charge in [0.1, 0.15) is 5.75 Å². The number of hydrogen-bond acceptors (Lipinski definition) is 3. The molecule has 0 aromatic heterocycles. The number of amides is 1. The van der Waals surface area contributed by atoms with Gasteiger partial charge < -0.3 is 14.8 Å². The minimum Gasteiger partial charge on any atom is -0.492 e. The largest absolute Gasteiger partial charge is 0.492 e. The van der Waals surface area contributed by atoms with E-state index in [9.17, 15) is 4.79 Å². The molecule has 0 unspecified atom stereocenters. The zero-order valence-electron chi connectivity index (χ0n) is 11.7. The molecular formula is C15H19Cl2NO3. The van der Waals surface area contributed by atoms with Crippen LogP contribution in [0.15, 0.2) is 18.2 Å². The average Bonchev–Trinajstić information content (AvgIpc) is 2.96. The lowest BCUT2D eigenvalue weighted by molar-refractivity contribution is -0.121. The Morgan fingerprint density at radius 1 is 1.43 bits per heavy atom. The van der Waals surface area contributed by atoms with Crippen LogP contribution in [0.4, 0.5) is 0 Å². The first-order valence-electron chi connectivity index (χ1n) is 7.11. The van der Waals surface area contributed by atoms with Crippen molar-refractivity contribution in [1.82, 2.24) is 5.32 Å². The smallest absolute Gasteiger partial charge is 0.220 e. The van der Waals surface area contributed by atoms with Crippen LogP contribution in [0.3, 0.4) is 0 Å². The molecule has 0 saturated carbocycles. The quantitative estimate of drug-likeness (QED) is 0.778. The van der Waals surface area contributed by atoms with Crippen LogP contribution in [-0.2, 0) is 9.53 Å². The fourth-order valence-electron chi connectivity index (χ4n) is 2.13. The van der Waals surface area contributed by atoms with Crippen LogP contribution < -0.4 is 10.1 Å². The molecule has 1 aromatic carbocycles. The van der Waals surface area contributed by atoms with Crippen molar-refractivity contribution in [3.63, 3.8) is 0 Å². The Morgan fingerprint density at radius 3 is 3.00 bits per heavy atom. The maximum Gasteiger partial charge on any atom is 0.220 e. The van der Waals surface area contributed by atoms with Gasteiger partial charge in [-0.05, 0) is 37.5 Å². The predicted molar refractivity (Wildman–Crippen MR) is 83.2 cm³/mol. The zero-order chi connectivity index (χ0) is 15.1. The van der Waals surface area contributed by atoms with E-state index in [-0.39, 0.29) is 12.0 Å². The molecule has 4 nitrogen and oxygen atoms in total. The standard InChI is InChI=1S/C15H19Cl2NO3/c16-11-5-6-14(13(17)9-11)21-8-2-4-15(19)18-10-12-3-1-7-20-12/h5-6,9,12H,1-4,7-8,10H2,(H,18,19)/t12-/m1/s1. The van der Waals surface area contributed by atoms with Gasteiger partial charge in [0.15, 0.2) is 0 Å².